The van der Waals surface area contributed by atoms with Crippen molar-refractivity contribution in [2.45, 2.75) is 44.0 Å². The van der Waals surface area contributed by atoms with Gasteiger partial charge in [0.1, 0.15) is 11.9 Å². The van der Waals surface area contributed by atoms with Crippen molar-refractivity contribution < 1.29 is 37.1 Å². The Morgan fingerprint density at radius 3 is 2.53 bits per heavy atom. The van der Waals surface area contributed by atoms with Gasteiger partial charge in [-0.3, -0.25) is 4.79 Å². The van der Waals surface area contributed by atoms with Gasteiger partial charge in [0.15, 0.2) is 0 Å². The molecule has 190 valence electrons. The van der Waals surface area contributed by atoms with E-state index in [4.69, 9.17) is 19.1 Å². The number of nitrogens with one attached hydrogen (secondary N) is 1. The van der Waals surface area contributed by atoms with Crippen molar-refractivity contribution >= 4 is 11.7 Å². The number of alkyl halides is 3. The van der Waals surface area contributed by atoms with E-state index in [2.05, 4.69) is 15.5 Å². The van der Waals surface area contributed by atoms with Gasteiger partial charge >= 0.3 is 12.1 Å². The van der Waals surface area contributed by atoms with E-state index in [0.717, 1.165) is 18.2 Å². The first-order chi connectivity index (χ1) is 17.3. The second-order valence-corrected chi connectivity index (χ2v) is 9.00. The quantitative estimate of drug-likeness (QED) is 0.450. The van der Waals surface area contributed by atoms with Crippen LogP contribution in [-0.2, 0) is 15.7 Å². The molecule has 2 N–H and O–H groups in total. The number of halogens is 3. The van der Waals surface area contributed by atoms with Gasteiger partial charge in [0.2, 0.25) is 5.82 Å². The van der Waals surface area contributed by atoms with Gasteiger partial charge in [-0.15, -0.1) is 0 Å². The number of hydrogen-bond donors (Lipinski definition) is 2. The molecule has 2 aliphatic rings. The normalized spacial score (nSPS) is 22.0. The zero-order valence-corrected chi connectivity index (χ0v) is 19.1. The Morgan fingerprint density at radius 1 is 1.08 bits per heavy atom. The number of nitrogens with zero attached hydrogens (tertiary/aromatic N) is 2. The van der Waals surface area contributed by atoms with Crippen LogP contribution in [0.25, 0.3) is 22.8 Å². The maximum Gasteiger partial charge on any atom is 0.419 e. The Balaban J connectivity index is 1.30. The molecular formula is C25H24F3N3O5. The highest BCUT2D eigenvalue weighted by molar-refractivity contribution is 5.70. The van der Waals surface area contributed by atoms with Crippen LogP contribution in [-0.4, -0.2) is 46.6 Å². The van der Waals surface area contributed by atoms with Crippen LogP contribution < -0.4 is 10.1 Å². The first-order valence-corrected chi connectivity index (χ1v) is 11.7. The highest BCUT2D eigenvalue weighted by Gasteiger charge is 2.36. The molecule has 1 saturated carbocycles. The Morgan fingerprint density at radius 2 is 1.86 bits per heavy atom. The first-order valence-electron chi connectivity index (χ1n) is 11.7. The second kappa shape index (κ2) is 9.81. The largest absolute Gasteiger partial charge is 0.487 e. The molecule has 1 saturated heterocycles. The van der Waals surface area contributed by atoms with Crippen molar-refractivity contribution in [3.63, 3.8) is 0 Å². The van der Waals surface area contributed by atoms with Crippen LogP contribution in [0.4, 0.5) is 18.9 Å². The molecule has 2 heterocycles. The summed E-state index contributed by atoms with van der Waals surface area (Å²) in [4.78, 5) is 15.4. The van der Waals surface area contributed by atoms with Crippen molar-refractivity contribution in [1.82, 2.24) is 10.1 Å². The van der Waals surface area contributed by atoms with Crippen molar-refractivity contribution in [3.05, 3.63) is 48.0 Å². The number of aliphatic carboxylic acids is 1. The third-order valence-corrected chi connectivity index (χ3v) is 6.44. The summed E-state index contributed by atoms with van der Waals surface area (Å²) in [7, 11) is 0. The number of benzene rings is 2. The minimum atomic E-state index is -4.62. The minimum Gasteiger partial charge on any atom is -0.487 e. The molecule has 36 heavy (non-hydrogen) atoms. The molecule has 0 bridgehead atoms. The molecule has 5 rings (SSSR count). The van der Waals surface area contributed by atoms with E-state index in [9.17, 15) is 18.0 Å². The topological polar surface area (TPSA) is 107 Å². The number of rotatable bonds is 7. The summed E-state index contributed by atoms with van der Waals surface area (Å²) in [6.45, 7) is 0.712. The molecule has 1 unspecified atom stereocenters. The van der Waals surface area contributed by atoms with E-state index in [1.165, 1.54) is 12.1 Å². The van der Waals surface area contributed by atoms with Crippen molar-refractivity contribution in [1.29, 1.82) is 0 Å². The summed E-state index contributed by atoms with van der Waals surface area (Å²) >= 11 is 0. The van der Waals surface area contributed by atoms with Crippen LogP contribution in [0.15, 0.2) is 47.0 Å². The summed E-state index contributed by atoms with van der Waals surface area (Å²) in [5, 5.41) is 16.3. The van der Waals surface area contributed by atoms with Crippen LogP contribution in [0.3, 0.4) is 0 Å². The van der Waals surface area contributed by atoms with Crippen LogP contribution in [0.5, 0.6) is 5.75 Å². The SMILES string of the molecule is O=C(O)[C@@H]1CC[C@H](Nc2ccc(-c3nc(-c4ccc(OC5CCOC5)c(C(F)(F)F)c4)no3)cc2)C1. The maximum atomic E-state index is 13.7. The van der Waals surface area contributed by atoms with Gasteiger partial charge in [-0.1, -0.05) is 5.16 Å². The van der Waals surface area contributed by atoms with Gasteiger partial charge in [-0.25, -0.2) is 0 Å². The van der Waals surface area contributed by atoms with Crippen LogP contribution >= 0.6 is 0 Å². The van der Waals surface area contributed by atoms with Gasteiger partial charge in [0, 0.05) is 29.3 Å². The average Bonchev–Trinajstić information content (AvgIpc) is 3.62. The zero-order valence-electron chi connectivity index (χ0n) is 19.1. The fourth-order valence-corrected chi connectivity index (χ4v) is 4.52. The number of anilines is 1. The number of carboxylic acid groups (broad SMARTS) is 1. The lowest BCUT2D eigenvalue weighted by atomic mass is 10.1. The summed E-state index contributed by atoms with van der Waals surface area (Å²) in [6, 6.07) is 10.9. The average molecular weight is 503 g/mol. The molecule has 11 heteroatoms. The Kier molecular flexibility index (Phi) is 6.57. The lowest BCUT2D eigenvalue weighted by Crippen LogP contribution is -2.18. The summed E-state index contributed by atoms with van der Waals surface area (Å²) < 4.78 is 57.2. The maximum absolute atomic E-state index is 13.7. The van der Waals surface area contributed by atoms with Crippen molar-refractivity contribution in [2.75, 3.05) is 18.5 Å². The lowest BCUT2D eigenvalue weighted by molar-refractivity contribution is -0.141. The van der Waals surface area contributed by atoms with E-state index in [1.54, 1.807) is 12.1 Å². The van der Waals surface area contributed by atoms with Crippen LogP contribution in [0, 0.1) is 5.92 Å². The molecule has 1 aliphatic heterocycles. The molecule has 8 nitrogen and oxygen atoms in total. The number of carbonyl (C=O) groups is 1. The van der Waals surface area contributed by atoms with Gasteiger partial charge in [0.05, 0.1) is 24.7 Å². The molecule has 2 fully saturated rings. The van der Waals surface area contributed by atoms with Gasteiger partial charge in [0.25, 0.3) is 5.89 Å². The molecule has 1 aliphatic carbocycles. The Labute approximate surface area is 204 Å². The molecule has 0 spiro atoms. The summed E-state index contributed by atoms with van der Waals surface area (Å²) in [5.41, 5.74) is 0.671. The van der Waals surface area contributed by atoms with E-state index in [1.807, 2.05) is 12.1 Å². The fraction of sp³-hybridized carbons (Fsp3) is 0.400. The van der Waals surface area contributed by atoms with Gasteiger partial charge < -0.3 is 24.4 Å². The molecule has 0 amide bonds. The zero-order chi connectivity index (χ0) is 25.3. The minimum absolute atomic E-state index is 0.0270. The molecular weight excluding hydrogens is 479 g/mol. The monoisotopic (exact) mass is 503 g/mol. The van der Waals surface area contributed by atoms with E-state index in [-0.39, 0.29) is 41.6 Å². The van der Waals surface area contributed by atoms with Crippen molar-refractivity contribution in [3.8, 4) is 28.6 Å². The molecule has 3 atom stereocenters. The highest BCUT2D eigenvalue weighted by atomic mass is 19.4. The number of carboxylic acids is 1. The molecule has 0 radical (unpaired) electrons. The Bertz CT molecular complexity index is 1220. The summed E-state index contributed by atoms with van der Waals surface area (Å²) in [6.07, 6.45) is -2.51. The van der Waals surface area contributed by atoms with Crippen LogP contribution in [0.1, 0.15) is 31.2 Å². The second-order valence-electron chi connectivity index (χ2n) is 9.00. The highest BCUT2D eigenvalue weighted by Crippen LogP contribution is 2.39. The van der Waals surface area contributed by atoms with Gasteiger partial charge in [-0.2, -0.15) is 18.2 Å². The first kappa shape index (κ1) is 24.1. The predicted molar refractivity (Wildman–Crippen MR) is 122 cm³/mol. The standard InChI is InChI=1S/C25H24F3N3O5/c26-25(27,28)20-12-15(4-8-21(20)35-19-9-10-34-13-19)22-30-23(36-31-22)14-1-5-17(6-2-14)29-18-7-3-16(11-18)24(32)33/h1-2,4-6,8,12,16,18-19,29H,3,7,9-11,13H2,(H,32,33)/t16-,18+,19?/m1/s1. The molecule has 3 aromatic rings. The lowest BCUT2D eigenvalue weighted by Gasteiger charge is -2.17. The van der Waals surface area contributed by atoms with E-state index in [0.29, 0.717) is 31.4 Å². The fourth-order valence-electron chi connectivity index (χ4n) is 4.52. The summed E-state index contributed by atoms with van der Waals surface area (Å²) in [5.74, 6) is -1.16. The van der Waals surface area contributed by atoms with E-state index < -0.39 is 23.8 Å². The van der Waals surface area contributed by atoms with E-state index >= 15 is 0 Å². The predicted octanol–water partition coefficient (Wildman–Crippen LogP) is 5.26. The third-order valence-electron chi connectivity index (χ3n) is 6.44. The van der Waals surface area contributed by atoms with Crippen LogP contribution in [0.2, 0.25) is 0 Å². The number of aromatic nitrogens is 2. The molecule has 1 aromatic heterocycles. The molecule has 2 aromatic carbocycles. The Hall–Kier alpha value is -3.60. The number of hydrogen-bond acceptors (Lipinski definition) is 7. The number of ether oxygens (including phenoxy) is 2. The third kappa shape index (κ3) is 5.30. The van der Waals surface area contributed by atoms with Gasteiger partial charge in [-0.05, 0) is 61.7 Å². The smallest absolute Gasteiger partial charge is 0.419 e. The van der Waals surface area contributed by atoms with Crippen molar-refractivity contribution in [2.24, 2.45) is 5.92 Å².